The first-order valence-electron chi connectivity index (χ1n) is 5.82. The van der Waals surface area contributed by atoms with Crippen LogP contribution in [0.2, 0.25) is 0 Å². The van der Waals surface area contributed by atoms with Gasteiger partial charge in [-0.1, -0.05) is 0 Å². The maximum absolute atomic E-state index is 11.8. The van der Waals surface area contributed by atoms with Crippen molar-refractivity contribution in [2.75, 3.05) is 46.9 Å². The van der Waals surface area contributed by atoms with Crippen LogP contribution in [0.15, 0.2) is 0 Å². The summed E-state index contributed by atoms with van der Waals surface area (Å²) >= 11 is 0. The highest BCUT2D eigenvalue weighted by Crippen LogP contribution is 1.99. The lowest BCUT2D eigenvalue weighted by molar-refractivity contribution is -0.142. The lowest BCUT2D eigenvalue weighted by atomic mass is 10.3. The highest BCUT2D eigenvalue weighted by Gasteiger charge is 2.20. The first-order chi connectivity index (χ1) is 8.04. The molecule has 6 nitrogen and oxygen atoms in total. The highest BCUT2D eigenvalue weighted by atomic mass is 16.5. The topological polar surface area (TPSA) is 61.9 Å². The van der Waals surface area contributed by atoms with E-state index in [2.05, 4.69) is 15.0 Å². The molecule has 1 atom stereocenters. The minimum Gasteiger partial charge on any atom is -0.468 e. The number of esters is 1. The van der Waals surface area contributed by atoms with E-state index in [-0.39, 0.29) is 18.4 Å². The second-order valence-corrected chi connectivity index (χ2v) is 4.31. The largest absolute Gasteiger partial charge is 0.468 e. The van der Waals surface area contributed by atoms with Gasteiger partial charge in [-0.2, -0.15) is 0 Å². The molecule has 1 unspecified atom stereocenters. The molecule has 6 heteroatoms. The Kier molecular flexibility index (Phi) is 5.37. The number of hydrogen-bond donors (Lipinski definition) is 1. The molecule has 98 valence electrons. The smallest absolute Gasteiger partial charge is 0.322 e. The van der Waals surface area contributed by atoms with E-state index in [0.717, 1.165) is 26.2 Å². The van der Waals surface area contributed by atoms with Gasteiger partial charge in [0.25, 0.3) is 0 Å². The van der Waals surface area contributed by atoms with Crippen LogP contribution in [0.3, 0.4) is 0 Å². The fraction of sp³-hybridized carbons (Fsp3) is 0.818. The molecule has 1 saturated heterocycles. The average Bonchev–Trinajstić information content (AvgIpc) is 2.35. The van der Waals surface area contributed by atoms with Gasteiger partial charge in [0.2, 0.25) is 5.91 Å². The Bertz CT molecular complexity index is 275. The van der Waals surface area contributed by atoms with E-state index in [4.69, 9.17) is 0 Å². The van der Waals surface area contributed by atoms with Crippen LogP contribution in [0.25, 0.3) is 0 Å². The van der Waals surface area contributed by atoms with E-state index >= 15 is 0 Å². The molecule has 1 N–H and O–H groups in total. The fourth-order valence-electron chi connectivity index (χ4n) is 1.67. The predicted molar refractivity (Wildman–Crippen MR) is 63.6 cm³/mol. The first-order valence-corrected chi connectivity index (χ1v) is 5.82. The standard InChI is InChI=1S/C11H21N3O3/c1-9(11(16)17-3)12-8-10(15)14-6-4-13(2)5-7-14/h9,12H,4-8H2,1-3H3. The van der Waals surface area contributed by atoms with Crippen molar-refractivity contribution >= 4 is 11.9 Å². The third-order valence-electron chi connectivity index (χ3n) is 2.97. The summed E-state index contributed by atoms with van der Waals surface area (Å²) < 4.78 is 4.57. The summed E-state index contributed by atoms with van der Waals surface area (Å²) in [4.78, 5) is 26.9. The van der Waals surface area contributed by atoms with Gasteiger partial charge in [-0.05, 0) is 14.0 Å². The maximum atomic E-state index is 11.8. The average molecular weight is 243 g/mol. The molecule has 0 aliphatic carbocycles. The van der Waals surface area contributed by atoms with Gasteiger partial charge in [-0.15, -0.1) is 0 Å². The molecule has 1 heterocycles. The van der Waals surface area contributed by atoms with E-state index < -0.39 is 6.04 Å². The van der Waals surface area contributed by atoms with Crippen molar-refractivity contribution in [3.63, 3.8) is 0 Å². The number of rotatable bonds is 4. The molecule has 1 rings (SSSR count). The number of hydrogen-bond acceptors (Lipinski definition) is 5. The van der Waals surface area contributed by atoms with Crippen molar-refractivity contribution in [1.82, 2.24) is 15.1 Å². The molecule has 0 spiro atoms. The SMILES string of the molecule is COC(=O)C(C)NCC(=O)N1CCN(C)CC1. The summed E-state index contributed by atoms with van der Waals surface area (Å²) in [5.74, 6) is -0.315. The fourth-order valence-corrected chi connectivity index (χ4v) is 1.67. The van der Waals surface area contributed by atoms with Crippen molar-refractivity contribution in [2.45, 2.75) is 13.0 Å². The predicted octanol–water partition coefficient (Wildman–Crippen LogP) is -1.09. The van der Waals surface area contributed by atoms with E-state index in [1.54, 1.807) is 6.92 Å². The second kappa shape index (κ2) is 6.56. The Morgan fingerprint density at radius 3 is 2.41 bits per heavy atom. The Morgan fingerprint density at radius 2 is 1.88 bits per heavy atom. The summed E-state index contributed by atoms with van der Waals surface area (Å²) in [5, 5.41) is 2.86. The van der Waals surface area contributed by atoms with E-state index in [1.165, 1.54) is 7.11 Å². The van der Waals surface area contributed by atoms with Crippen LogP contribution >= 0.6 is 0 Å². The van der Waals surface area contributed by atoms with Crippen molar-refractivity contribution in [3.8, 4) is 0 Å². The molecule has 0 saturated carbocycles. The molecule has 0 aromatic heterocycles. The zero-order chi connectivity index (χ0) is 12.8. The van der Waals surface area contributed by atoms with Gasteiger partial charge >= 0.3 is 5.97 Å². The Labute approximate surface area is 102 Å². The molecule has 17 heavy (non-hydrogen) atoms. The summed E-state index contributed by atoms with van der Waals surface area (Å²) in [6.45, 7) is 5.17. The van der Waals surface area contributed by atoms with Crippen LogP contribution < -0.4 is 5.32 Å². The highest BCUT2D eigenvalue weighted by molar-refractivity contribution is 5.80. The summed E-state index contributed by atoms with van der Waals surface area (Å²) in [5.41, 5.74) is 0. The number of amides is 1. The molecular weight excluding hydrogens is 222 g/mol. The second-order valence-electron chi connectivity index (χ2n) is 4.31. The van der Waals surface area contributed by atoms with E-state index in [9.17, 15) is 9.59 Å². The van der Waals surface area contributed by atoms with Gasteiger partial charge < -0.3 is 14.5 Å². The number of piperazine rings is 1. The van der Waals surface area contributed by atoms with E-state index in [0.29, 0.717) is 0 Å². The summed E-state index contributed by atoms with van der Waals surface area (Å²) in [6, 6.07) is -0.448. The number of nitrogens with zero attached hydrogens (tertiary/aromatic N) is 2. The minimum atomic E-state index is -0.448. The normalized spacial score (nSPS) is 18.9. The quantitative estimate of drug-likeness (QED) is 0.636. The van der Waals surface area contributed by atoms with Crippen LogP contribution in [0.5, 0.6) is 0 Å². The monoisotopic (exact) mass is 243 g/mol. The van der Waals surface area contributed by atoms with Crippen molar-refractivity contribution < 1.29 is 14.3 Å². The zero-order valence-corrected chi connectivity index (χ0v) is 10.7. The number of likely N-dealkylation sites (N-methyl/N-ethyl adjacent to an activating group) is 1. The lowest BCUT2D eigenvalue weighted by Crippen LogP contribution is -2.50. The number of methoxy groups -OCH3 is 1. The third kappa shape index (κ3) is 4.32. The molecule has 0 radical (unpaired) electrons. The number of nitrogens with one attached hydrogen (secondary N) is 1. The first kappa shape index (κ1) is 13.9. The van der Waals surface area contributed by atoms with Gasteiger partial charge in [-0.3, -0.25) is 14.9 Å². The summed E-state index contributed by atoms with van der Waals surface area (Å²) in [7, 11) is 3.38. The molecule has 1 aliphatic heterocycles. The van der Waals surface area contributed by atoms with Crippen molar-refractivity contribution in [1.29, 1.82) is 0 Å². The molecule has 1 amide bonds. The van der Waals surface area contributed by atoms with Crippen LogP contribution in [-0.2, 0) is 14.3 Å². The zero-order valence-electron chi connectivity index (χ0n) is 10.7. The molecule has 0 aromatic rings. The van der Waals surface area contributed by atoms with Crippen molar-refractivity contribution in [2.24, 2.45) is 0 Å². The summed E-state index contributed by atoms with van der Waals surface area (Å²) in [6.07, 6.45) is 0. The van der Waals surface area contributed by atoms with Gasteiger partial charge in [0.1, 0.15) is 6.04 Å². The third-order valence-corrected chi connectivity index (χ3v) is 2.97. The molecule has 0 aromatic carbocycles. The molecule has 1 fully saturated rings. The number of ether oxygens (including phenoxy) is 1. The van der Waals surface area contributed by atoms with Crippen molar-refractivity contribution in [3.05, 3.63) is 0 Å². The lowest BCUT2D eigenvalue weighted by Gasteiger charge is -2.32. The number of carbonyl (C=O) groups excluding carboxylic acids is 2. The Morgan fingerprint density at radius 1 is 1.29 bits per heavy atom. The van der Waals surface area contributed by atoms with Gasteiger partial charge in [0.05, 0.1) is 13.7 Å². The van der Waals surface area contributed by atoms with Crippen LogP contribution in [0.4, 0.5) is 0 Å². The van der Waals surface area contributed by atoms with Gasteiger partial charge in [0.15, 0.2) is 0 Å². The van der Waals surface area contributed by atoms with Gasteiger partial charge in [-0.25, -0.2) is 0 Å². The Balaban J connectivity index is 2.27. The Hall–Kier alpha value is -1.14. The van der Waals surface area contributed by atoms with Gasteiger partial charge in [0, 0.05) is 26.2 Å². The van der Waals surface area contributed by atoms with E-state index in [1.807, 2.05) is 11.9 Å². The molecular formula is C11H21N3O3. The minimum absolute atomic E-state index is 0.0360. The number of carbonyl (C=O) groups is 2. The molecule has 0 bridgehead atoms. The van der Waals surface area contributed by atoms with Crippen LogP contribution in [-0.4, -0.2) is 74.6 Å². The maximum Gasteiger partial charge on any atom is 0.322 e. The van der Waals surface area contributed by atoms with Crippen LogP contribution in [0.1, 0.15) is 6.92 Å². The van der Waals surface area contributed by atoms with Crippen LogP contribution in [0, 0.1) is 0 Å². The molecule has 1 aliphatic rings.